The molecule has 0 saturated carbocycles. The van der Waals surface area contributed by atoms with Crippen LogP contribution in [0.2, 0.25) is 0 Å². The highest BCUT2D eigenvalue weighted by molar-refractivity contribution is 5.90. The number of aromatic hydroxyl groups is 1. The molecule has 4 rings (SSSR count). The van der Waals surface area contributed by atoms with Crippen LogP contribution in [0.4, 0.5) is 5.69 Å². The van der Waals surface area contributed by atoms with E-state index in [0.29, 0.717) is 31.8 Å². The molecule has 0 unspecified atom stereocenters. The fourth-order valence-electron chi connectivity index (χ4n) is 4.89. The van der Waals surface area contributed by atoms with Crippen molar-refractivity contribution in [2.45, 2.75) is 37.8 Å². The van der Waals surface area contributed by atoms with E-state index in [1.165, 1.54) is 0 Å². The van der Waals surface area contributed by atoms with Crippen LogP contribution >= 0.6 is 0 Å². The zero-order chi connectivity index (χ0) is 24.6. The summed E-state index contributed by atoms with van der Waals surface area (Å²) >= 11 is 0. The minimum Gasteiger partial charge on any atom is -0.508 e. The molecule has 0 radical (unpaired) electrons. The van der Waals surface area contributed by atoms with Gasteiger partial charge in [-0.1, -0.05) is 12.1 Å². The number of nitrogens with zero attached hydrogens (tertiary/aromatic N) is 3. The minimum atomic E-state index is -0.772. The summed E-state index contributed by atoms with van der Waals surface area (Å²) in [5, 5.41) is 15.8. The highest BCUT2D eigenvalue weighted by Crippen LogP contribution is 2.21. The van der Waals surface area contributed by atoms with Crippen LogP contribution in [0, 0.1) is 5.92 Å². The van der Waals surface area contributed by atoms with Crippen LogP contribution in [-0.2, 0) is 16.0 Å². The molecule has 0 aliphatic carbocycles. The molecule has 188 valence electrons. The van der Waals surface area contributed by atoms with Crippen LogP contribution < -0.4 is 21.3 Å². The van der Waals surface area contributed by atoms with Gasteiger partial charge in [0.15, 0.2) is 0 Å². The predicted octanol–water partition coefficient (Wildman–Crippen LogP) is 0.880. The number of phenols is 1. The van der Waals surface area contributed by atoms with Crippen molar-refractivity contribution in [2.75, 3.05) is 44.2 Å². The number of carbonyl (C=O) groups excluding carboxylic acids is 2. The van der Waals surface area contributed by atoms with E-state index in [1.807, 2.05) is 17.0 Å². The second-order valence-corrected chi connectivity index (χ2v) is 9.49. The lowest BCUT2D eigenvalue weighted by Crippen LogP contribution is -2.57. The SMILES string of the molecule is N[C@H](Cc1ccc(O)cc1)C(=O)N[C@@H](CC1CCNCC1)C(=O)N1CCN(c2ccncc2)CC1. The minimum absolute atomic E-state index is 0.0249. The van der Waals surface area contributed by atoms with Gasteiger partial charge < -0.3 is 31.3 Å². The fourth-order valence-corrected chi connectivity index (χ4v) is 4.89. The molecule has 2 aliphatic heterocycles. The quantitative estimate of drug-likeness (QED) is 0.442. The number of rotatable bonds is 8. The van der Waals surface area contributed by atoms with Crippen LogP contribution in [0.25, 0.3) is 0 Å². The summed E-state index contributed by atoms with van der Waals surface area (Å²) in [5.74, 6) is 0.212. The van der Waals surface area contributed by atoms with E-state index in [-0.39, 0.29) is 17.6 Å². The molecular weight excluding hydrogens is 444 g/mol. The molecule has 9 heteroatoms. The molecular formula is C26H36N6O3. The number of carbonyl (C=O) groups is 2. The smallest absolute Gasteiger partial charge is 0.245 e. The van der Waals surface area contributed by atoms with Crippen molar-refractivity contribution in [1.29, 1.82) is 0 Å². The molecule has 9 nitrogen and oxygen atoms in total. The highest BCUT2D eigenvalue weighted by Gasteiger charge is 2.32. The second-order valence-electron chi connectivity index (χ2n) is 9.49. The molecule has 1 aromatic carbocycles. The van der Waals surface area contributed by atoms with E-state index in [4.69, 9.17) is 5.73 Å². The third-order valence-electron chi connectivity index (χ3n) is 6.99. The summed E-state index contributed by atoms with van der Waals surface area (Å²) in [6.45, 7) is 4.57. The van der Waals surface area contributed by atoms with Gasteiger partial charge in [-0.05, 0) is 74.5 Å². The van der Waals surface area contributed by atoms with Crippen LogP contribution in [0.15, 0.2) is 48.8 Å². The van der Waals surface area contributed by atoms with Gasteiger partial charge in [0.05, 0.1) is 6.04 Å². The first-order valence-electron chi connectivity index (χ1n) is 12.5. The molecule has 2 atom stereocenters. The second kappa shape index (κ2) is 12.0. The Morgan fingerprint density at radius 2 is 1.71 bits per heavy atom. The maximum Gasteiger partial charge on any atom is 0.245 e. The van der Waals surface area contributed by atoms with E-state index in [0.717, 1.165) is 50.3 Å². The Bertz CT molecular complexity index is 957. The molecule has 2 saturated heterocycles. The van der Waals surface area contributed by atoms with E-state index < -0.39 is 12.1 Å². The van der Waals surface area contributed by atoms with Crippen molar-refractivity contribution in [3.05, 3.63) is 54.4 Å². The standard InChI is InChI=1S/C26H36N6O3/c27-23(17-19-1-3-22(33)4-2-19)25(34)30-24(18-20-5-9-28-10-6-20)26(35)32-15-13-31(14-16-32)21-7-11-29-12-8-21/h1-4,7-8,11-12,20,23-24,28,33H,5-6,9-10,13-18,27H2,(H,30,34)/t23-,24+/m1/s1. The molecule has 1 aromatic heterocycles. The van der Waals surface area contributed by atoms with E-state index in [2.05, 4.69) is 20.5 Å². The molecule has 2 aliphatic rings. The van der Waals surface area contributed by atoms with E-state index in [1.54, 1.807) is 36.7 Å². The van der Waals surface area contributed by atoms with Crippen LogP contribution in [0.1, 0.15) is 24.8 Å². The average molecular weight is 481 g/mol. The monoisotopic (exact) mass is 480 g/mol. The Balaban J connectivity index is 1.38. The number of hydrogen-bond acceptors (Lipinski definition) is 7. The molecule has 2 amide bonds. The first-order valence-corrected chi connectivity index (χ1v) is 12.5. The number of aromatic nitrogens is 1. The molecule has 5 N–H and O–H groups in total. The number of amides is 2. The number of piperidine rings is 1. The number of nitrogens with two attached hydrogens (primary N) is 1. The Morgan fingerprint density at radius 1 is 1.06 bits per heavy atom. The van der Waals surface area contributed by atoms with Crippen molar-refractivity contribution in [3.63, 3.8) is 0 Å². The van der Waals surface area contributed by atoms with Gasteiger partial charge in [0.2, 0.25) is 11.8 Å². The molecule has 2 fully saturated rings. The number of anilines is 1. The third-order valence-corrected chi connectivity index (χ3v) is 6.99. The van der Waals surface area contributed by atoms with Gasteiger partial charge in [0, 0.05) is 44.3 Å². The normalized spacial score (nSPS) is 18.7. The van der Waals surface area contributed by atoms with Crippen molar-refractivity contribution < 1.29 is 14.7 Å². The van der Waals surface area contributed by atoms with Crippen LogP contribution in [0.3, 0.4) is 0 Å². The van der Waals surface area contributed by atoms with E-state index >= 15 is 0 Å². The maximum absolute atomic E-state index is 13.6. The lowest BCUT2D eigenvalue weighted by atomic mass is 9.90. The summed E-state index contributed by atoms with van der Waals surface area (Å²) in [5.41, 5.74) is 8.17. The number of hydrogen-bond donors (Lipinski definition) is 4. The van der Waals surface area contributed by atoms with Crippen LogP contribution in [-0.4, -0.2) is 78.2 Å². The van der Waals surface area contributed by atoms with Gasteiger partial charge in [0.25, 0.3) is 0 Å². The summed E-state index contributed by atoms with van der Waals surface area (Å²) in [6, 6.07) is 9.27. The zero-order valence-electron chi connectivity index (χ0n) is 20.1. The Morgan fingerprint density at radius 3 is 2.37 bits per heavy atom. The average Bonchev–Trinajstić information content (AvgIpc) is 2.90. The van der Waals surface area contributed by atoms with Gasteiger partial charge >= 0.3 is 0 Å². The topological polar surface area (TPSA) is 124 Å². The van der Waals surface area contributed by atoms with Crippen molar-refractivity contribution >= 4 is 17.5 Å². The third kappa shape index (κ3) is 6.93. The van der Waals surface area contributed by atoms with Gasteiger partial charge in [-0.2, -0.15) is 0 Å². The van der Waals surface area contributed by atoms with E-state index in [9.17, 15) is 14.7 Å². The largest absolute Gasteiger partial charge is 0.508 e. The van der Waals surface area contributed by atoms with Gasteiger partial charge in [-0.25, -0.2) is 0 Å². The first-order chi connectivity index (χ1) is 17.0. The number of phenolic OH excluding ortho intramolecular Hbond substituents is 1. The molecule has 35 heavy (non-hydrogen) atoms. The highest BCUT2D eigenvalue weighted by atomic mass is 16.3. The summed E-state index contributed by atoms with van der Waals surface area (Å²) < 4.78 is 0. The molecule has 3 heterocycles. The Kier molecular flexibility index (Phi) is 8.54. The molecule has 2 aromatic rings. The number of nitrogens with one attached hydrogen (secondary N) is 2. The van der Waals surface area contributed by atoms with Gasteiger partial charge in [0.1, 0.15) is 11.8 Å². The maximum atomic E-state index is 13.6. The first kappa shape index (κ1) is 24.9. The number of piperazine rings is 1. The lowest BCUT2D eigenvalue weighted by Gasteiger charge is -2.38. The van der Waals surface area contributed by atoms with Crippen molar-refractivity contribution in [2.24, 2.45) is 11.7 Å². The number of benzene rings is 1. The lowest BCUT2D eigenvalue weighted by molar-refractivity contribution is -0.137. The van der Waals surface area contributed by atoms with Gasteiger partial charge in [-0.3, -0.25) is 14.6 Å². The Hall–Kier alpha value is -3.17. The predicted molar refractivity (Wildman–Crippen MR) is 135 cm³/mol. The number of pyridine rings is 1. The summed E-state index contributed by atoms with van der Waals surface area (Å²) in [6.07, 6.45) is 6.51. The Labute approximate surface area is 206 Å². The van der Waals surface area contributed by atoms with Crippen molar-refractivity contribution in [3.8, 4) is 5.75 Å². The fraction of sp³-hybridized carbons (Fsp3) is 0.500. The van der Waals surface area contributed by atoms with Gasteiger partial charge in [-0.15, -0.1) is 0 Å². The summed E-state index contributed by atoms with van der Waals surface area (Å²) in [7, 11) is 0. The zero-order valence-corrected chi connectivity index (χ0v) is 20.1. The molecule has 0 spiro atoms. The van der Waals surface area contributed by atoms with Crippen molar-refractivity contribution in [1.82, 2.24) is 20.5 Å². The molecule has 0 bridgehead atoms. The summed E-state index contributed by atoms with van der Waals surface area (Å²) in [4.78, 5) is 34.8. The van der Waals surface area contributed by atoms with Crippen LogP contribution in [0.5, 0.6) is 5.75 Å².